The van der Waals surface area contributed by atoms with E-state index in [-0.39, 0.29) is 18.5 Å². The van der Waals surface area contributed by atoms with Gasteiger partial charge in [0.1, 0.15) is 0 Å². The lowest BCUT2D eigenvalue weighted by atomic mass is 10.2. The van der Waals surface area contributed by atoms with E-state index in [1.165, 1.54) is 0 Å². The highest BCUT2D eigenvalue weighted by molar-refractivity contribution is 5.74. The Bertz CT molecular complexity index is 269. The minimum Gasteiger partial charge on any atom is -0.481 e. The molecule has 0 saturated heterocycles. The summed E-state index contributed by atoms with van der Waals surface area (Å²) >= 11 is 0. The van der Waals surface area contributed by atoms with Crippen LogP contribution in [-0.2, 0) is 9.53 Å². The Morgan fingerprint density at radius 3 is 2.33 bits per heavy atom. The number of carboxylic acid groups (broad SMARTS) is 1. The van der Waals surface area contributed by atoms with Crippen molar-refractivity contribution in [3.63, 3.8) is 0 Å². The molecule has 0 aromatic rings. The molecule has 18 heavy (non-hydrogen) atoms. The number of urea groups is 1. The fourth-order valence-electron chi connectivity index (χ4n) is 1.52. The molecule has 0 aliphatic heterocycles. The minimum absolute atomic E-state index is 0.0521. The van der Waals surface area contributed by atoms with Crippen LogP contribution in [0.25, 0.3) is 0 Å². The molecule has 0 rings (SSSR count). The third kappa shape index (κ3) is 6.44. The molecule has 0 saturated carbocycles. The van der Waals surface area contributed by atoms with E-state index < -0.39 is 5.97 Å². The van der Waals surface area contributed by atoms with Crippen LogP contribution in [0.1, 0.15) is 26.7 Å². The number of likely N-dealkylation sites (N-methyl/N-ethyl adjacent to an activating group) is 1. The molecule has 0 radical (unpaired) electrons. The number of carbonyl (C=O) groups excluding carboxylic acids is 1. The molecule has 1 N–H and O–H groups in total. The maximum absolute atomic E-state index is 12.1. The van der Waals surface area contributed by atoms with E-state index in [2.05, 4.69) is 0 Å². The lowest BCUT2D eigenvalue weighted by molar-refractivity contribution is -0.137. The van der Waals surface area contributed by atoms with Crippen LogP contribution in [0.3, 0.4) is 0 Å². The molecule has 0 spiro atoms. The van der Waals surface area contributed by atoms with Gasteiger partial charge in [-0.15, -0.1) is 0 Å². The highest BCUT2D eigenvalue weighted by Gasteiger charge is 2.20. The predicted molar refractivity (Wildman–Crippen MR) is 68.6 cm³/mol. The number of carbonyl (C=O) groups is 2. The molecule has 2 amide bonds. The number of methoxy groups -OCH3 is 1. The summed E-state index contributed by atoms with van der Waals surface area (Å²) in [5.41, 5.74) is 0. The molecule has 0 aromatic carbocycles. The van der Waals surface area contributed by atoms with Gasteiger partial charge < -0.3 is 19.6 Å². The molecule has 0 atom stereocenters. The average Bonchev–Trinajstić information content (AvgIpc) is 2.30. The Hall–Kier alpha value is -1.30. The van der Waals surface area contributed by atoms with Crippen LogP contribution in [0, 0.1) is 0 Å². The van der Waals surface area contributed by atoms with Gasteiger partial charge >= 0.3 is 12.0 Å². The normalized spacial score (nSPS) is 10.5. The molecular formula is C12H24N2O4. The van der Waals surface area contributed by atoms with Gasteiger partial charge in [-0.3, -0.25) is 4.79 Å². The predicted octanol–water partition coefficient (Wildman–Crippen LogP) is 1.26. The summed E-state index contributed by atoms with van der Waals surface area (Å²) in [6, 6.07) is -0.0382. The molecule has 0 heterocycles. The Morgan fingerprint density at radius 2 is 1.89 bits per heavy atom. The van der Waals surface area contributed by atoms with Gasteiger partial charge in [0, 0.05) is 39.7 Å². The van der Waals surface area contributed by atoms with Crippen LogP contribution < -0.4 is 0 Å². The number of hydrogen-bond acceptors (Lipinski definition) is 3. The first-order chi connectivity index (χ1) is 8.40. The maximum Gasteiger partial charge on any atom is 0.320 e. The number of amides is 2. The summed E-state index contributed by atoms with van der Waals surface area (Å²) in [5.74, 6) is -0.834. The van der Waals surface area contributed by atoms with E-state index >= 15 is 0 Å². The van der Waals surface area contributed by atoms with E-state index in [4.69, 9.17) is 9.84 Å². The number of nitrogens with zero attached hydrogens (tertiary/aromatic N) is 2. The summed E-state index contributed by atoms with van der Waals surface area (Å²) < 4.78 is 4.93. The first-order valence-electron chi connectivity index (χ1n) is 6.12. The van der Waals surface area contributed by atoms with E-state index in [0.29, 0.717) is 26.1 Å². The van der Waals surface area contributed by atoms with Crippen molar-refractivity contribution in [1.29, 1.82) is 0 Å². The zero-order valence-corrected chi connectivity index (χ0v) is 11.7. The van der Waals surface area contributed by atoms with E-state index in [1.807, 2.05) is 13.8 Å². The number of ether oxygens (including phenoxy) is 1. The van der Waals surface area contributed by atoms with Crippen LogP contribution in [0.4, 0.5) is 4.79 Å². The monoisotopic (exact) mass is 260 g/mol. The molecule has 0 aliphatic rings. The summed E-state index contributed by atoms with van der Waals surface area (Å²) in [6.45, 7) is 5.31. The summed E-state index contributed by atoms with van der Waals surface area (Å²) in [6.07, 6.45) is 0.551. The van der Waals surface area contributed by atoms with Crippen molar-refractivity contribution < 1.29 is 19.4 Å². The van der Waals surface area contributed by atoms with Crippen molar-refractivity contribution in [1.82, 2.24) is 9.80 Å². The van der Waals surface area contributed by atoms with Gasteiger partial charge in [0.15, 0.2) is 0 Å². The van der Waals surface area contributed by atoms with Crippen molar-refractivity contribution in [2.45, 2.75) is 32.7 Å². The standard InChI is InChI=1S/C12H24N2O4/c1-10(2)14(7-5-6-11(15)16)12(17)13(3)8-9-18-4/h10H,5-9H2,1-4H3,(H,15,16). The molecule has 6 nitrogen and oxygen atoms in total. The van der Waals surface area contributed by atoms with Gasteiger partial charge in [-0.1, -0.05) is 0 Å². The molecule has 0 unspecified atom stereocenters. The summed E-state index contributed by atoms with van der Waals surface area (Å²) in [5, 5.41) is 8.60. The Morgan fingerprint density at radius 1 is 1.28 bits per heavy atom. The van der Waals surface area contributed by atoms with Gasteiger partial charge in [0.25, 0.3) is 0 Å². The third-order valence-electron chi connectivity index (χ3n) is 2.62. The van der Waals surface area contributed by atoms with Gasteiger partial charge in [-0.05, 0) is 20.3 Å². The van der Waals surface area contributed by atoms with Crippen molar-refractivity contribution in [3.05, 3.63) is 0 Å². The van der Waals surface area contributed by atoms with Crippen LogP contribution in [0.15, 0.2) is 0 Å². The second-order valence-electron chi connectivity index (χ2n) is 4.48. The SMILES string of the molecule is COCCN(C)C(=O)N(CCCC(=O)O)C(C)C. The van der Waals surface area contributed by atoms with Gasteiger partial charge in [-0.2, -0.15) is 0 Å². The topological polar surface area (TPSA) is 70.1 Å². The Kier molecular flexibility index (Phi) is 8.11. The summed E-state index contributed by atoms with van der Waals surface area (Å²) in [7, 11) is 3.30. The zero-order valence-electron chi connectivity index (χ0n) is 11.7. The van der Waals surface area contributed by atoms with Crippen molar-refractivity contribution in [2.24, 2.45) is 0 Å². The molecule has 106 valence electrons. The average molecular weight is 260 g/mol. The van der Waals surface area contributed by atoms with Crippen molar-refractivity contribution in [3.8, 4) is 0 Å². The highest BCUT2D eigenvalue weighted by Crippen LogP contribution is 2.06. The molecule has 0 aliphatic carbocycles. The first kappa shape index (κ1) is 16.7. The van der Waals surface area contributed by atoms with Crippen molar-refractivity contribution >= 4 is 12.0 Å². The fraction of sp³-hybridized carbons (Fsp3) is 0.833. The zero-order chi connectivity index (χ0) is 14.1. The quantitative estimate of drug-likeness (QED) is 0.713. The fourth-order valence-corrected chi connectivity index (χ4v) is 1.52. The Labute approximate surface area is 109 Å². The Balaban J connectivity index is 4.30. The van der Waals surface area contributed by atoms with Crippen LogP contribution in [0.2, 0.25) is 0 Å². The molecule has 6 heteroatoms. The number of aliphatic carboxylic acids is 1. The van der Waals surface area contributed by atoms with Gasteiger partial charge in [-0.25, -0.2) is 4.79 Å². The van der Waals surface area contributed by atoms with Crippen LogP contribution in [0.5, 0.6) is 0 Å². The summed E-state index contributed by atoms with van der Waals surface area (Å²) in [4.78, 5) is 25.8. The molecule has 0 bridgehead atoms. The van der Waals surface area contributed by atoms with Gasteiger partial charge in [0.05, 0.1) is 6.61 Å². The molecular weight excluding hydrogens is 236 g/mol. The van der Waals surface area contributed by atoms with E-state index in [9.17, 15) is 9.59 Å². The van der Waals surface area contributed by atoms with E-state index in [0.717, 1.165) is 0 Å². The van der Waals surface area contributed by atoms with E-state index in [1.54, 1.807) is 24.0 Å². The molecule has 0 aromatic heterocycles. The smallest absolute Gasteiger partial charge is 0.320 e. The minimum atomic E-state index is -0.834. The number of hydrogen-bond donors (Lipinski definition) is 1. The second kappa shape index (κ2) is 8.74. The lowest BCUT2D eigenvalue weighted by Gasteiger charge is -2.31. The van der Waals surface area contributed by atoms with Gasteiger partial charge in [0.2, 0.25) is 0 Å². The molecule has 0 fully saturated rings. The number of carboxylic acids is 1. The first-order valence-corrected chi connectivity index (χ1v) is 6.12. The third-order valence-corrected chi connectivity index (χ3v) is 2.62. The van der Waals surface area contributed by atoms with Crippen LogP contribution >= 0.6 is 0 Å². The largest absolute Gasteiger partial charge is 0.481 e. The van der Waals surface area contributed by atoms with Crippen LogP contribution in [-0.4, -0.2) is 66.8 Å². The van der Waals surface area contributed by atoms with Crippen molar-refractivity contribution in [2.75, 3.05) is 33.9 Å². The lowest BCUT2D eigenvalue weighted by Crippen LogP contribution is -2.46. The highest BCUT2D eigenvalue weighted by atomic mass is 16.5. The maximum atomic E-state index is 12.1. The number of rotatable bonds is 8. The second-order valence-corrected chi connectivity index (χ2v) is 4.48.